The summed E-state index contributed by atoms with van der Waals surface area (Å²) >= 11 is 0.930. The van der Waals surface area contributed by atoms with Gasteiger partial charge in [-0.3, -0.25) is 14.4 Å². The van der Waals surface area contributed by atoms with Gasteiger partial charge in [-0.15, -0.1) is 0 Å². The van der Waals surface area contributed by atoms with Crippen molar-refractivity contribution in [2.75, 3.05) is 5.75 Å². The van der Waals surface area contributed by atoms with Gasteiger partial charge in [0, 0.05) is 17.7 Å². The van der Waals surface area contributed by atoms with Crippen molar-refractivity contribution in [1.82, 2.24) is 5.32 Å². The van der Waals surface area contributed by atoms with Crippen LogP contribution in [0.25, 0.3) is 0 Å². The SMILES string of the molecule is CCC(=O)NC(C)(C)CSC(=O)CC(=O)O. The van der Waals surface area contributed by atoms with Gasteiger partial charge in [-0.25, -0.2) is 0 Å². The zero-order chi connectivity index (χ0) is 12.8. The number of hydrogen-bond donors (Lipinski definition) is 2. The van der Waals surface area contributed by atoms with Gasteiger partial charge in [-0.2, -0.15) is 0 Å². The average Bonchev–Trinajstić information content (AvgIpc) is 2.13. The molecular formula is C10H17NO4S. The molecule has 5 nitrogen and oxygen atoms in total. The molecular weight excluding hydrogens is 230 g/mol. The Morgan fingerprint density at radius 3 is 2.31 bits per heavy atom. The molecule has 0 aromatic carbocycles. The number of carboxylic acid groups (broad SMARTS) is 1. The van der Waals surface area contributed by atoms with Crippen LogP contribution in [0, 0.1) is 0 Å². The van der Waals surface area contributed by atoms with Crippen LogP contribution in [0.3, 0.4) is 0 Å². The van der Waals surface area contributed by atoms with Gasteiger partial charge in [0.05, 0.1) is 0 Å². The van der Waals surface area contributed by atoms with E-state index < -0.39 is 23.0 Å². The minimum absolute atomic E-state index is 0.0868. The normalized spacial score (nSPS) is 10.9. The summed E-state index contributed by atoms with van der Waals surface area (Å²) in [5, 5.41) is 10.8. The number of carbonyl (C=O) groups is 3. The molecule has 0 bridgehead atoms. The van der Waals surface area contributed by atoms with E-state index in [0.29, 0.717) is 12.2 Å². The van der Waals surface area contributed by atoms with E-state index >= 15 is 0 Å². The first-order chi connectivity index (χ1) is 7.26. The number of nitrogens with one attached hydrogen (secondary N) is 1. The number of rotatable bonds is 6. The van der Waals surface area contributed by atoms with Gasteiger partial charge in [0.2, 0.25) is 5.91 Å². The van der Waals surface area contributed by atoms with E-state index in [2.05, 4.69) is 5.32 Å². The van der Waals surface area contributed by atoms with Crippen molar-refractivity contribution in [2.45, 2.75) is 39.2 Å². The summed E-state index contributed by atoms with van der Waals surface area (Å²) in [6.45, 7) is 5.33. The third kappa shape index (κ3) is 7.28. The summed E-state index contributed by atoms with van der Waals surface area (Å²) in [5.41, 5.74) is -0.508. The van der Waals surface area contributed by atoms with Crippen LogP contribution in [0.2, 0.25) is 0 Å². The lowest BCUT2D eigenvalue weighted by atomic mass is 10.1. The van der Waals surface area contributed by atoms with Crippen LogP contribution in [-0.2, 0) is 14.4 Å². The van der Waals surface area contributed by atoms with Crippen molar-refractivity contribution in [1.29, 1.82) is 0 Å². The van der Waals surface area contributed by atoms with Crippen molar-refractivity contribution >= 4 is 28.8 Å². The fourth-order valence-electron chi connectivity index (χ4n) is 0.937. The minimum Gasteiger partial charge on any atom is -0.481 e. The predicted molar refractivity (Wildman–Crippen MR) is 62.2 cm³/mol. The van der Waals surface area contributed by atoms with Crippen molar-refractivity contribution in [3.8, 4) is 0 Å². The van der Waals surface area contributed by atoms with Gasteiger partial charge >= 0.3 is 5.97 Å². The van der Waals surface area contributed by atoms with E-state index in [1.165, 1.54) is 0 Å². The molecule has 0 atom stereocenters. The van der Waals surface area contributed by atoms with Crippen molar-refractivity contribution < 1.29 is 19.5 Å². The van der Waals surface area contributed by atoms with Gasteiger partial charge in [-0.1, -0.05) is 18.7 Å². The first kappa shape index (κ1) is 15.0. The monoisotopic (exact) mass is 247 g/mol. The number of thioether (sulfide) groups is 1. The molecule has 2 N–H and O–H groups in total. The highest BCUT2D eigenvalue weighted by molar-refractivity contribution is 8.13. The Balaban J connectivity index is 4.03. The second-order valence-corrected chi connectivity index (χ2v) is 5.05. The standard InChI is InChI=1S/C10H17NO4S/c1-4-7(12)11-10(2,3)6-16-9(15)5-8(13)14/h4-6H2,1-3H3,(H,11,12)(H,13,14). The largest absolute Gasteiger partial charge is 0.481 e. The van der Waals surface area contributed by atoms with E-state index in [4.69, 9.17) is 5.11 Å². The lowest BCUT2D eigenvalue weighted by Gasteiger charge is -2.25. The number of amides is 1. The van der Waals surface area contributed by atoms with Gasteiger partial charge in [-0.05, 0) is 13.8 Å². The van der Waals surface area contributed by atoms with Crippen LogP contribution in [0.4, 0.5) is 0 Å². The molecule has 0 aliphatic rings. The van der Waals surface area contributed by atoms with E-state index in [1.807, 2.05) is 0 Å². The van der Waals surface area contributed by atoms with Crippen LogP contribution in [-0.4, -0.2) is 33.4 Å². The molecule has 1 amide bonds. The van der Waals surface area contributed by atoms with Crippen LogP contribution in [0.15, 0.2) is 0 Å². The maximum atomic E-state index is 11.2. The molecule has 0 aliphatic carbocycles. The molecule has 0 unspecified atom stereocenters. The Bertz CT molecular complexity index is 289. The first-order valence-electron chi connectivity index (χ1n) is 4.95. The van der Waals surface area contributed by atoms with Gasteiger partial charge in [0.25, 0.3) is 0 Å². The van der Waals surface area contributed by atoms with Crippen LogP contribution in [0.1, 0.15) is 33.6 Å². The molecule has 0 rings (SSSR count). The molecule has 6 heteroatoms. The fourth-order valence-corrected chi connectivity index (χ4v) is 1.76. The molecule has 0 radical (unpaired) electrons. The topological polar surface area (TPSA) is 83.5 Å². The fraction of sp³-hybridized carbons (Fsp3) is 0.700. The lowest BCUT2D eigenvalue weighted by molar-refractivity contribution is -0.138. The highest BCUT2D eigenvalue weighted by Gasteiger charge is 2.21. The molecule has 16 heavy (non-hydrogen) atoms. The van der Waals surface area contributed by atoms with Crippen molar-refractivity contribution in [3.05, 3.63) is 0 Å². The third-order valence-electron chi connectivity index (χ3n) is 1.69. The van der Waals surface area contributed by atoms with Crippen molar-refractivity contribution in [3.63, 3.8) is 0 Å². The molecule has 0 saturated heterocycles. The minimum atomic E-state index is -1.13. The second kappa shape index (κ2) is 6.52. The molecule has 0 aromatic heterocycles. The van der Waals surface area contributed by atoms with Gasteiger partial charge < -0.3 is 10.4 Å². The molecule has 0 aromatic rings. The zero-order valence-electron chi connectivity index (χ0n) is 9.70. The van der Waals surface area contributed by atoms with Crippen LogP contribution < -0.4 is 5.32 Å². The highest BCUT2D eigenvalue weighted by Crippen LogP contribution is 2.15. The highest BCUT2D eigenvalue weighted by atomic mass is 32.2. The van der Waals surface area contributed by atoms with E-state index in [-0.39, 0.29) is 5.91 Å². The summed E-state index contributed by atoms with van der Waals surface area (Å²) in [6.07, 6.45) is -0.0976. The predicted octanol–water partition coefficient (Wildman–Crippen LogP) is 1.03. The van der Waals surface area contributed by atoms with E-state index in [1.54, 1.807) is 20.8 Å². The Labute approximate surface area is 99.0 Å². The number of carbonyl (C=O) groups excluding carboxylic acids is 2. The smallest absolute Gasteiger partial charge is 0.311 e. The van der Waals surface area contributed by atoms with E-state index in [0.717, 1.165) is 11.8 Å². The first-order valence-corrected chi connectivity index (χ1v) is 5.94. The maximum Gasteiger partial charge on any atom is 0.311 e. The molecule has 0 aliphatic heterocycles. The Kier molecular flexibility index (Phi) is 6.10. The van der Waals surface area contributed by atoms with Crippen LogP contribution in [0.5, 0.6) is 0 Å². The van der Waals surface area contributed by atoms with E-state index in [9.17, 15) is 14.4 Å². The molecule has 0 heterocycles. The van der Waals surface area contributed by atoms with Gasteiger partial charge in [0.15, 0.2) is 5.12 Å². The number of aliphatic carboxylic acids is 1. The third-order valence-corrected chi connectivity index (χ3v) is 3.02. The summed E-state index contributed by atoms with van der Waals surface area (Å²) in [7, 11) is 0. The summed E-state index contributed by atoms with van der Waals surface area (Å²) in [4.78, 5) is 32.5. The Hall–Kier alpha value is -1.04. The van der Waals surface area contributed by atoms with Gasteiger partial charge in [0.1, 0.15) is 6.42 Å². The zero-order valence-corrected chi connectivity index (χ0v) is 10.5. The Morgan fingerprint density at radius 1 is 1.31 bits per heavy atom. The summed E-state index contributed by atoms with van der Waals surface area (Å²) in [6, 6.07) is 0. The molecule has 0 spiro atoms. The second-order valence-electron chi connectivity index (χ2n) is 4.02. The van der Waals surface area contributed by atoms with Crippen molar-refractivity contribution in [2.24, 2.45) is 0 Å². The molecule has 0 fully saturated rings. The summed E-state index contributed by atoms with van der Waals surface area (Å²) < 4.78 is 0. The molecule has 92 valence electrons. The average molecular weight is 247 g/mol. The number of carboxylic acids is 1. The number of hydrogen-bond acceptors (Lipinski definition) is 4. The Morgan fingerprint density at radius 2 is 1.88 bits per heavy atom. The lowest BCUT2D eigenvalue weighted by Crippen LogP contribution is -2.45. The van der Waals surface area contributed by atoms with Crippen LogP contribution >= 0.6 is 11.8 Å². The quantitative estimate of drug-likeness (QED) is 0.685. The molecule has 0 saturated carbocycles. The maximum absolute atomic E-state index is 11.2. The summed E-state index contributed by atoms with van der Waals surface area (Å²) in [5.74, 6) is -0.852.